The zero-order valence-corrected chi connectivity index (χ0v) is 20.1. The molecule has 0 heterocycles. The van der Waals surface area contributed by atoms with Crippen LogP contribution in [0, 0.1) is 0 Å². The number of nitrogen functional groups attached to an aromatic ring is 1. The number of primary amides is 1. The summed E-state index contributed by atoms with van der Waals surface area (Å²) in [6.45, 7) is 9.63. The Morgan fingerprint density at radius 3 is 2.03 bits per heavy atom. The molecule has 6 nitrogen and oxygen atoms in total. The second-order valence-electron chi connectivity index (χ2n) is 7.58. The fourth-order valence-corrected chi connectivity index (χ4v) is 4.36. The van der Waals surface area contributed by atoms with E-state index in [9.17, 15) is 17.4 Å². The van der Waals surface area contributed by atoms with Crippen molar-refractivity contribution in [3.8, 4) is 0 Å². The number of hydrogen-bond acceptors (Lipinski definition) is 5. The Kier molecular flexibility index (Phi) is 9.24. The SMILES string of the molecule is CC(C)c1ccc(S(C)=O)c(N)c1.CCS(=O)(=O)c1ccc(C(C)C)c(C(N)=O)c1. The third kappa shape index (κ3) is 6.67. The van der Waals surface area contributed by atoms with Crippen LogP contribution in [0.25, 0.3) is 0 Å². The van der Waals surface area contributed by atoms with Gasteiger partial charge in [-0.05, 0) is 47.2 Å². The minimum Gasteiger partial charge on any atom is -0.398 e. The molecule has 1 unspecified atom stereocenters. The zero-order valence-electron chi connectivity index (χ0n) is 18.4. The molecule has 0 bridgehead atoms. The molecular weight excluding hydrogens is 420 g/mol. The molecule has 2 rings (SSSR count). The second kappa shape index (κ2) is 10.7. The quantitative estimate of drug-likeness (QED) is 0.645. The van der Waals surface area contributed by atoms with Crippen molar-refractivity contribution in [2.45, 2.75) is 56.2 Å². The van der Waals surface area contributed by atoms with Crippen LogP contribution in [0.2, 0.25) is 0 Å². The molecule has 0 aliphatic carbocycles. The van der Waals surface area contributed by atoms with Gasteiger partial charge < -0.3 is 11.5 Å². The van der Waals surface area contributed by atoms with Crippen molar-refractivity contribution in [3.05, 3.63) is 53.1 Å². The van der Waals surface area contributed by atoms with E-state index >= 15 is 0 Å². The van der Waals surface area contributed by atoms with Gasteiger partial charge in [-0.1, -0.05) is 46.8 Å². The first-order valence-electron chi connectivity index (χ1n) is 9.71. The standard InChI is InChI=1S/C12H17NO3S.C10H15NOS/c1-4-17(15,16)9-5-6-10(8(2)3)11(7-9)12(13)14;1-7(2)8-4-5-10(13(3)12)9(11)6-8/h5-8H,4H2,1-3H3,(H2,13,14);4-7H,11H2,1-3H3. The summed E-state index contributed by atoms with van der Waals surface area (Å²) in [7, 11) is -4.29. The van der Waals surface area contributed by atoms with E-state index in [-0.39, 0.29) is 22.1 Å². The molecule has 1 atom stereocenters. The van der Waals surface area contributed by atoms with Crippen molar-refractivity contribution in [3.63, 3.8) is 0 Å². The highest BCUT2D eigenvalue weighted by Crippen LogP contribution is 2.23. The topological polar surface area (TPSA) is 120 Å². The number of benzene rings is 2. The monoisotopic (exact) mass is 452 g/mol. The second-order valence-corrected chi connectivity index (χ2v) is 11.2. The molecule has 0 radical (unpaired) electrons. The van der Waals surface area contributed by atoms with Gasteiger partial charge >= 0.3 is 0 Å². The van der Waals surface area contributed by atoms with Gasteiger partial charge in [0.1, 0.15) is 0 Å². The van der Waals surface area contributed by atoms with E-state index in [1.54, 1.807) is 19.2 Å². The molecule has 0 saturated carbocycles. The highest BCUT2D eigenvalue weighted by Gasteiger charge is 2.17. The van der Waals surface area contributed by atoms with Gasteiger partial charge in [0.15, 0.2) is 9.84 Å². The molecule has 0 fully saturated rings. The Morgan fingerprint density at radius 1 is 1.03 bits per heavy atom. The molecule has 2 aromatic carbocycles. The number of sulfone groups is 1. The Labute approximate surface area is 182 Å². The molecule has 0 saturated heterocycles. The number of amides is 1. The fourth-order valence-electron chi connectivity index (χ4n) is 2.80. The maximum absolute atomic E-state index is 11.7. The lowest BCUT2D eigenvalue weighted by Gasteiger charge is -2.12. The van der Waals surface area contributed by atoms with Gasteiger partial charge in [-0.25, -0.2) is 8.42 Å². The minimum atomic E-state index is -3.30. The van der Waals surface area contributed by atoms with Gasteiger partial charge in [0.25, 0.3) is 0 Å². The van der Waals surface area contributed by atoms with E-state index in [0.29, 0.717) is 11.6 Å². The molecule has 0 aliphatic rings. The molecule has 8 heteroatoms. The normalized spacial score (nSPS) is 12.4. The lowest BCUT2D eigenvalue weighted by Crippen LogP contribution is -2.16. The van der Waals surface area contributed by atoms with Gasteiger partial charge in [-0.3, -0.25) is 9.00 Å². The van der Waals surface area contributed by atoms with E-state index in [2.05, 4.69) is 13.8 Å². The molecule has 0 aliphatic heterocycles. The molecular formula is C22H32N2O4S2. The highest BCUT2D eigenvalue weighted by atomic mass is 32.2. The number of carbonyl (C=O) groups is 1. The van der Waals surface area contributed by atoms with Crippen LogP contribution in [-0.2, 0) is 20.6 Å². The number of nitrogens with two attached hydrogens (primary N) is 2. The molecule has 30 heavy (non-hydrogen) atoms. The molecule has 166 valence electrons. The summed E-state index contributed by atoms with van der Waals surface area (Å²) in [5, 5.41) is 0. The molecule has 1 amide bonds. The smallest absolute Gasteiger partial charge is 0.249 e. The van der Waals surface area contributed by atoms with Crippen LogP contribution in [0.15, 0.2) is 46.2 Å². The van der Waals surface area contributed by atoms with E-state index in [1.807, 2.05) is 32.0 Å². The number of anilines is 1. The van der Waals surface area contributed by atoms with Crippen LogP contribution in [-0.4, -0.2) is 30.5 Å². The fraction of sp³-hybridized carbons (Fsp3) is 0.409. The van der Waals surface area contributed by atoms with Crippen LogP contribution >= 0.6 is 0 Å². The van der Waals surface area contributed by atoms with Crippen molar-refractivity contribution < 1.29 is 17.4 Å². The van der Waals surface area contributed by atoms with E-state index in [0.717, 1.165) is 10.5 Å². The Bertz CT molecular complexity index is 1030. The summed E-state index contributed by atoms with van der Waals surface area (Å²) in [5.41, 5.74) is 13.9. The van der Waals surface area contributed by atoms with Crippen molar-refractivity contribution in [1.82, 2.24) is 0 Å². The van der Waals surface area contributed by atoms with Crippen LogP contribution in [0.5, 0.6) is 0 Å². The van der Waals surface area contributed by atoms with Crippen molar-refractivity contribution in [2.24, 2.45) is 5.73 Å². The van der Waals surface area contributed by atoms with Crippen molar-refractivity contribution >= 4 is 32.2 Å². The number of rotatable bonds is 6. The summed E-state index contributed by atoms with van der Waals surface area (Å²) in [6, 6.07) is 10.3. The third-order valence-electron chi connectivity index (χ3n) is 4.66. The maximum Gasteiger partial charge on any atom is 0.249 e. The Hall–Kier alpha value is -2.19. The predicted octanol–water partition coefficient (Wildman–Crippen LogP) is 3.83. The largest absolute Gasteiger partial charge is 0.398 e. The van der Waals surface area contributed by atoms with E-state index < -0.39 is 26.5 Å². The van der Waals surface area contributed by atoms with Crippen LogP contribution < -0.4 is 11.5 Å². The first-order chi connectivity index (χ1) is 13.8. The van der Waals surface area contributed by atoms with Gasteiger partial charge in [-0.2, -0.15) is 0 Å². The Morgan fingerprint density at radius 2 is 1.63 bits per heavy atom. The summed E-state index contributed by atoms with van der Waals surface area (Å²) in [6.07, 6.45) is 1.64. The highest BCUT2D eigenvalue weighted by molar-refractivity contribution is 7.91. The molecule has 2 aromatic rings. The summed E-state index contributed by atoms with van der Waals surface area (Å²) < 4.78 is 34.6. The number of hydrogen-bond donors (Lipinski definition) is 2. The average molecular weight is 453 g/mol. The third-order valence-corrected chi connectivity index (χ3v) is 7.39. The lowest BCUT2D eigenvalue weighted by atomic mass is 9.97. The van der Waals surface area contributed by atoms with Crippen molar-refractivity contribution in [1.29, 1.82) is 0 Å². The summed E-state index contributed by atoms with van der Waals surface area (Å²) in [5.74, 6) is -0.00829. The van der Waals surface area contributed by atoms with Crippen LogP contribution in [0.1, 0.15) is 67.9 Å². The summed E-state index contributed by atoms with van der Waals surface area (Å²) >= 11 is 0. The average Bonchev–Trinajstić information content (AvgIpc) is 2.67. The summed E-state index contributed by atoms with van der Waals surface area (Å²) in [4.78, 5) is 12.2. The Balaban J connectivity index is 0.000000311. The molecule has 0 aromatic heterocycles. The van der Waals surface area contributed by atoms with Gasteiger partial charge in [0, 0.05) is 17.5 Å². The zero-order chi connectivity index (χ0) is 23.2. The minimum absolute atomic E-state index is 0.00618. The first-order valence-corrected chi connectivity index (χ1v) is 12.9. The predicted molar refractivity (Wildman–Crippen MR) is 124 cm³/mol. The maximum atomic E-state index is 11.7. The van der Waals surface area contributed by atoms with E-state index in [4.69, 9.17) is 11.5 Å². The van der Waals surface area contributed by atoms with Gasteiger partial charge in [0.05, 0.1) is 26.3 Å². The van der Waals surface area contributed by atoms with Crippen molar-refractivity contribution in [2.75, 3.05) is 17.7 Å². The molecule has 0 spiro atoms. The van der Waals surface area contributed by atoms with Crippen LogP contribution in [0.4, 0.5) is 5.69 Å². The van der Waals surface area contributed by atoms with Crippen LogP contribution in [0.3, 0.4) is 0 Å². The molecule has 4 N–H and O–H groups in total. The van der Waals surface area contributed by atoms with E-state index in [1.165, 1.54) is 17.7 Å². The van der Waals surface area contributed by atoms with Gasteiger partial charge in [-0.15, -0.1) is 0 Å². The van der Waals surface area contributed by atoms with Gasteiger partial charge in [0.2, 0.25) is 5.91 Å². The first kappa shape index (κ1) is 25.8. The lowest BCUT2D eigenvalue weighted by molar-refractivity contribution is 0.0999. The number of carbonyl (C=O) groups excluding carboxylic acids is 1.